The zero-order valence-corrected chi connectivity index (χ0v) is 11.2. The summed E-state index contributed by atoms with van der Waals surface area (Å²) in [5, 5.41) is 14.9. The van der Waals surface area contributed by atoms with Crippen molar-refractivity contribution in [3.63, 3.8) is 0 Å². The van der Waals surface area contributed by atoms with Crippen molar-refractivity contribution in [2.75, 3.05) is 18.2 Å². The highest BCUT2D eigenvalue weighted by Crippen LogP contribution is 2.24. The molecule has 0 unspecified atom stereocenters. The Labute approximate surface area is 116 Å². The standard InChI is InChI=1S/C13H14ClN3O2/c1-9-12(8-15-6-7-18)13(19)17(16-9)11-4-2-10(14)3-5-11/h2-5,8,12,18H,6-7H2,1H3/t12-/m0/s1. The van der Waals surface area contributed by atoms with E-state index in [9.17, 15) is 4.79 Å². The summed E-state index contributed by atoms with van der Waals surface area (Å²) in [6.45, 7) is 2.04. The van der Waals surface area contributed by atoms with Gasteiger partial charge in [0.25, 0.3) is 5.91 Å². The third-order valence-corrected chi connectivity index (χ3v) is 2.99. The molecule has 19 heavy (non-hydrogen) atoms. The topological polar surface area (TPSA) is 65.3 Å². The van der Waals surface area contributed by atoms with Crippen LogP contribution < -0.4 is 5.01 Å². The monoisotopic (exact) mass is 279 g/mol. The number of carbonyl (C=O) groups is 1. The first-order valence-corrected chi connectivity index (χ1v) is 6.26. The van der Waals surface area contributed by atoms with E-state index in [1.54, 1.807) is 31.2 Å². The third kappa shape index (κ3) is 3.00. The third-order valence-electron chi connectivity index (χ3n) is 2.74. The number of hydrogen-bond acceptors (Lipinski definition) is 4. The summed E-state index contributed by atoms with van der Waals surface area (Å²) in [5.74, 6) is -0.608. The minimum atomic E-state index is -0.456. The lowest BCUT2D eigenvalue weighted by atomic mass is 10.1. The molecule has 100 valence electrons. The van der Waals surface area contributed by atoms with Crippen LogP contribution in [0.1, 0.15) is 6.92 Å². The zero-order valence-electron chi connectivity index (χ0n) is 10.5. The molecule has 5 nitrogen and oxygen atoms in total. The molecule has 2 rings (SSSR count). The van der Waals surface area contributed by atoms with Crippen molar-refractivity contribution in [2.45, 2.75) is 6.92 Å². The molecule has 0 fully saturated rings. The second-order valence-electron chi connectivity index (χ2n) is 4.12. The zero-order chi connectivity index (χ0) is 13.8. The first-order valence-electron chi connectivity index (χ1n) is 5.89. The van der Waals surface area contributed by atoms with Crippen LogP contribution in [0.3, 0.4) is 0 Å². The van der Waals surface area contributed by atoms with Crippen LogP contribution in [0.25, 0.3) is 0 Å². The number of halogens is 1. The number of rotatable bonds is 4. The van der Waals surface area contributed by atoms with Crippen molar-refractivity contribution in [1.82, 2.24) is 0 Å². The van der Waals surface area contributed by atoms with Gasteiger partial charge in [-0.15, -0.1) is 0 Å². The van der Waals surface area contributed by atoms with Crippen molar-refractivity contribution >= 4 is 35.1 Å². The van der Waals surface area contributed by atoms with Crippen LogP contribution in [-0.2, 0) is 4.79 Å². The van der Waals surface area contributed by atoms with Crippen LogP contribution in [-0.4, -0.2) is 36.1 Å². The number of anilines is 1. The fraction of sp³-hybridized carbons (Fsp3) is 0.308. The SMILES string of the molecule is CC1=NN(c2ccc(Cl)cc2)C(=O)[C@H]1C=NCCO. The summed E-state index contributed by atoms with van der Waals surface area (Å²) in [4.78, 5) is 16.2. The van der Waals surface area contributed by atoms with Crippen LogP contribution >= 0.6 is 11.6 Å². The summed E-state index contributed by atoms with van der Waals surface area (Å²) in [7, 11) is 0. The predicted molar refractivity (Wildman–Crippen MR) is 76.0 cm³/mol. The van der Waals surface area contributed by atoms with E-state index in [-0.39, 0.29) is 19.1 Å². The van der Waals surface area contributed by atoms with E-state index < -0.39 is 5.92 Å². The van der Waals surface area contributed by atoms with E-state index in [4.69, 9.17) is 16.7 Å². The summed E-state index contributed by atoms with van der Waals surface area (Å²) in [6.07, 6.45) is 1.54. The quantitative estimate of drug-likeness (QED) is 0.853. The number of carbonyl (C=O) groups excluding carboxylic acids is 1. The van der Waals surface area contributed by atoms with Crippen molar-refractivity contribution in [1.29, 1.82) is 0 Å². The Morgan fingerprint density at radius 1 is 1.47 bits per heavy atom. The number of aliphatic hydroxyl groups is 1. The van der Waals surface area contributed by atoms with E-state index in [1.807, 2.05) is 0 Å². The van der Waals surface area contributed by atoms with Crippen molar-refractivity contribution in [2.24, 2.45) is 16.0 Å². The van der Waals surface area contributed by atoms with Gasteiger partial charge in [-0.1, -0.05) is 11.6 Å². The highest BCUT2D eigenvalue weighted by atomic mass is 35.5. The molecule has 1 aromatic carbocycles. The predicted octanol–water partition coefficient (Wildman–Crippen LogP) is 1.74. The van der Waals surface area contributed by atoms with Gasteiger partial charge in [-0.05, 0) is 31.2 Å². The molecule has 0 saturated carbocycles. The number of aliphatic imine (C=N–C) groups is 1. The minimum absolute atomic E-state index is 0.0332. The molecule has 1 aliphatic rings. The maximum Gasteiger partial charge on any atom is 0.261 e. The van der Waals surface area contributed by atoms with Crippen LogP contribution in [0, 0.1) is 5.92 Å². The largest absolute Gasteiger partial charge is 0.394 e. The van der Waals surface area contributed by atoms with Crippen molar-refractivity contribution < 1.29 is 9.90 Å². The smallest absolute Gasteiger partial charge is 0.261 e. The van der Waals surface area contributed by atoms with E-state index in [2.05, 4.69) is 10.1 Å². The van der Waals surface area contributed by atoms with Gasteiger partial charge in [-0.2, -0.15) is 10.1 Å². The van der Waals surface area contributed by atoms with Gasteiger partial charge in [-0.3, -0.25) is 9.79 Å². The molecule has 0 spiro atoms. The average Bonchev–Trinajstić information content (AvgIpc) is 2.68. The number of hydrogen-bond donors (Lipinski definition) is 1. The molecule has 1 heterocycles. The summed E-state index contributed by atoms with van der Waals surface area (Å²) in [5.41, 5.74) is 1.36. The molecular weight excluding hydrogens is 266 g/mol. The average molecular weight is 280 g/mol. The highest BCUT2D eigenvalue weighted by Gasteiger charge is 2.32. The van der Waals surface area contributed by atoms with E-state index in [0.29, 0.717) is 16.4 Å². The molecule has 1 N–H and O–H groups in total. The van der Waals surface area contributed by atoms with E-state index >= 15 is 0 Å². The number of amides is 1. The van der Waals surface area contributed by atoms with Gasteiger partial charge in [-0.25, -0.2) is 0 Å². The lowest BCUT2D eigenvalue weighted by molar-refractivity contribution is -0.118. The minimum Gasteiger partial charge on any atom is -0.394 e. The van der Waals surface area contributed by atoms with Crippen molar-refractivity contribution in [3.8, 4) is 0 Å². The lowest BCUT2D eigenvalue weighted by Crippen LogP contribution is -2.28. The molecule has 0 aliphatic carbocycles. The Balaban J connectivity index is 2.18. The first-order chi connectivity index (χ1) is 9.13. The molecular formula is C13H14ClN3O2. The van der Waals surface area contributed by atoms with Crippen molar-refractivity contribution in [3.05, 3.63) is 29.3 Å². The van der Waals surface area contributed by atoms with Gasteiger partial charge in [0.2, 0.25) is 0 Å². The normalized spacial score (nSPS) is 19.3. The molecule has 6 heteroatoms. The van der Waals surface area contributed by atoms with E-state index in [1.165, 1.54) is 11.2 Å². The fourth-order valence-corrected chi connectivity index (χ4v) is 1.88. The summed E-state index contributed by atoms with van der Waals surface area (Å²) < 4.78 is 0. The molecule has 1 aliphatic heterocycles. The summed E-state index contributed by atoms with van der Waals surface area (Å²) >= 11 is 5.81. The number of benzene rings is 1. The second-order valence-corrected chi connectivity index (χ2v) is 4.56. The molecule has 0 bridgehead atoms. The molecule has 1 aromatic rings. The Morgan fingerprint density at radius 2 is 2.16 bits per heavy atom. The summed E-state index contributed by atoms with van der Waals surface area (Å²) in [6, 6.07) is 6.90. The first kappa shape index (κ1) is 13.7. The Kier molecular flexibility index (Phi) is 4.29. The van der Waals surface area contributed by atoms with Gasteiger partial charge < -0.3 is 5.11 Å². The van der Waals surface area contributed by atoms with Crippen LogP contribution in [0.2, 0.25) is 5.02 Å². The number of aliphatic hydroxyl groups excluding tert-OH is 1. The van der Waals surface area contributed by atoms with Crippen LogP contribution in [0.5, 0.6) is 0 Å². The number of nitrogens with zero attached hydrogens (tertiary/aromatic N) is 3. The van der Waals surface area contributed by atoms with Gasteiger partial charge in [0.1, 0.15) is 5.92 Å². The van der Waals surface area contributed by atoms with Gasteiger partial charge >= 0.3 is 0 Å². The Hall–Kier alpha value is -1.72. The molecule has 0 radical (unpaired) electrons. The second kappa shape index (κ2) is 5.95. The van der Waals surface area contributed by atoms with Gasteiger partial charge in [0.15, 0.2) is 0 Å². The van der Waals surface area contributed by atoms with Crippen LogP contribution in [0.4, 0.5) is 5.69 Å². The molecule has 1 atom stereocenters. The maximum atomic E-state index is 12.2. The van der Waals surface area contributed by atoms with E-state index in [0.717, 1.165) is 0 Å². The van der Waals surface area contributed by atoms with Gasteiger partial charge in [0.05, 0.1) is 24.6 Å². The Morgan fingerprint density at radius 3 is 2.79 bits per heavy atom. The Bertz CT molecular complexity index is 525. The maximum absolute atomic E-state index is 12.2. The molecule has 0 saturated heterocycles. The lowest BCUT2D eigenvalue weighted by Gasteiger charge is -2.12. The number of hydrazone groups is 1. The fourth-order valence-electron chi connectivity index (χ4n) is 1.76. The molecule has 1 amide bonds. The molecule has 0 aromatic heterocycles. The highest BCUT2D eigenvalue weighted by molar-refractivity contribution is 6.30. The van der Waals surface area contributed by atoms with Crippen LogP contribution in [0.15, 0.2) is 34.4 Å². The van der Waals surface area contributed by atoms with Gasteiger partial charge in [0, 0.05) is 11.2 Å².